The van der Waals surface area contributed by atoms with Gasteiger partial charge in [0.2, 0.25) is 12.5 Å². The molecule has 226 valence electrons. The molecule has 4 rings (SSSR count). The number of ether oxygens (including phenoxy) is 1. The van der Waals surface area contributed by atoms with Crippen LogP contribution in [0.2, 0.25) is 0 Å². The molecule has 2 atom stereocenters. The van der Waals surface area contributed by atoms with Gasteiger partial charge in [0.25, 0.3) is 11.8 Å². The van der Waals surface area contributed by atoms with Crippen molar-refractivity contribution in [1.82, 2.24) is 20.1 Å². The van der Waals surface area contributed by atoms with E-state index in [2.05, 4.69) is 15.5 Å². The van der Waals surface area contributed by atoms with Gasteiger partial charge in [0.15, 0.2) is 10.8 Å². The van der Waals surface area contributed by atoms with Crippen LogP contribution in [0.3, 0.4) is 0 Å². The van der Waals surface area contributed by atoms with Gasteiger partial charge in [0.05, 0.1) is 0 Å². The van der Waals surface area contributed by atoms with Crippen LogP contribution < -0.4 is 11.1 Å². The van der Waals surface area contributed by atoms with E-state index in [-0.39, 0.29) is 46.0 Å². The fourth-order valence-electron chi connectivity index (χ4n) is 4.41. The molecule has 0 radical (unpaired) electrons. The summed E-state index contributed by atoms with van der Waals surface area (Å²) in [4.78, 5) is 74.5. The molecule has 0 saturated carbocycles. The van der Waals surface area contributed by atoms with Gasteiger partial charge in [0.1, 0.15) is 35.1 Å². The van der Waals surface area contributed by atoms with Crippen molar-refractivity contribution in [3.63, 3.8) is 0 Å². The summed E-state index contributed by atoms with van der Waals surface area (Å²) in [5.74, 6) is -3.86. The van der Waals surface area contributed by atoms with Crippen LogP contribution in [-0.4, -0.2) is 104 Å². The number of oxime groups is 1. The Balaban J connectivity index is 1.50. The molecular formula is C25H29FN6O8S2. The van der Waals surface area contributed by atoms with E-state index in [9.17, 15) is 33.5 Å². The Labute approximate surface area is 247 Å². The van der Waals surface area contributed by atoms with E-state index in [1.807, 2.05) is 0 Å². The van der Waals surface area contributed by atoms with E-state index >= 15 is 0 Å². The van der Waals surface area contributed by atoms with Crippen molar-refractivity contribution in [2.75, 3.05) is 37.9 Å². The molecular weight excluding hydrogens is 595 g/mol. The van der Waals surface area contributed by atoms with Crippen LogP contribution in [0.15, 0.2) is 33.5 Å². The number of esters is 1. The third kappa shape index (κ3) is 6.73. The Hall–Kier alpha value is -3.99. The van der Waals surface area contributed by atoms with Crippen LogP contribution in [0.4, 0.5) is 9.52 Å². The number of halogens is 1. The maximum Gasteiger partial charge on any atom is 0.352 e. The number of carboxylic acids is 1. The maximum absolute atomic E-state index is 13.2. The third-order valence-corrected chi connectivity index (χ3v) is 8.12. The molecule has 1 aromatic rings. The van der Waals surface area contributed by atoms with Crippen LogP contribution in [0.25, 0.3) is 0 Å². The minimum Gasteiger partial charge on any atom is -0.477 e. The topological polar surface area (TPSA) is 194 Å². The first-order valence-corrected chi connectivity index (χ1v) is 14.6. The monoisotopic (exact) mass is 624 g/mol. The zero-order valence-electron chi connectivity index (χ0n) is 22.9. The number of likely N-dealkylation sites (tertiary alicyclic amines) is 1. The average Bonchev–Trinajstić information content (AvgIpc) is 3.49. The summed E-state index contributed by atoms with van der Waals surface area (Å²) in [5.41, 5.74) is 4.94. The Morgan fingerprint density at radius 1 is 1.33 bits per heavy atom. The number of allylic oxidation sites excluding steroid dienone is 1. The Kier molecular flexibility index (Phi) is 9.20. The molecule has 0 spiro atoms. The fraction of sp³-hybridized carbons (Fsp3) is 0.480. The number of β-lactam (4-membered cyclic amide) rings is 1. The standard InChI is InChI=1S/C25H29FN6O8S2/c1-25(2,3)40-15(33)9-39-30-16(14-11-42-24(27)28-14)19(34)29-17-21(36)32-18(23(37)38)13(10-41-22(17)32)8-12-4-6-31(7-5-26)20(12)35/h8,11,17,22H,4-7,9-10H2,1-3H3,(H2,27,28)(H,29,34)(H,37,38)/t17-,22-/m1/s1. The second kappa shape index (κ2) is 12.5. The van der Waals surface area contributed by atoms with Gasteiger partial charge in [-0.1, -0.05) is 5.16 Å². The van der Waals surface area contributed by atoms with E-state index < -0.39 is 54.1 Å². The summed E-state index contributed by atoms with van der Waals surface area (Å²) in [6, 6.07) is -1.11. The lowest BCUT2D eigenvalue weighted by atomic mass is 10.0. The quantitative estimate of drug-likeness (QED) is 0.109. The molecule has 3 aliphatic heterocycles. The predicted molar refractivity (Wildman–Crippen MR) is 150 cm³/mol. The molecule has 3 aliphatic rings. The summed E-state index contributed by atoms with van der Waals surface area (Å²) < 4.78 is 17.9. The van der Waals surface area contributed by atoms with E-state index in [1.54, 1.807) is 20.8 Å². The number of aliphatic carboxylic acids is 1. The highest BCUT2D eigenvalue weighted by Gasteiger charge is 2.54. The number of carboxylic acid groups (broad SMARTS) is 1. The number of anilines is 1. The maximum atomic E-state index is 13.2. The van der Waals surface area contributed by atoms with Gasteiger partial charge < -0.3 is 30.6 Å². The predicted octanol–water partition coefficient (Wildman–Crippen LogP) is 0.655. The van der Waals surface area contributed by atoms with E-state index in [1.165, 1.54) is 28.1 Å². The number of amides is 3. The molecule has 1 aromatic heterocycles. The lowest BCUT2D eigenvalue weighted by molar-refractivity contribution is -0.160. The number of nitrogen functional groups attached to an aromatic ring is 1. The van der Waals surface area contributed by atoms with Crippen molar-refractivity contribution in [3.05, 3.63) is 34.0 Å². The second-order valence-electron chi connectivity index (χ2n) is 10.3. The Morgan fingerprint density at radius 2 is 2.07 bits per heavy atom. The number of thiazole rings is 1. The normalized spacial score (nSPS) is 21.8. The summed E-state index contributed by atoms with van der Waals surface area (Å²) >= 11 is 2.24. The van der Waals surface area contributed by atoms with Gasteiger partial charge >= 0.3 is 11.9 Å². The molecule has 17 heteroatoms. The van der Waals surface area contributed by atoms with E-state index in [4.69, 9.17) is 15.3 Å². The highest BCUT2D eigenvalue weighted by molar-refractivity contribution is 8.00. The molecule has 0 unspecified atom stereocenters. The lowest BCUT2D eigenvalue weighted by Crippen LogP contribution is -2.71. The Morgan fingerprint density at radius 3 is 2.69 bits per heavy atom. The number of alkyl halides is 1. The number of aromatic nitrogens is 1. The molecule has 2 fully saturated rings. The number of carbonyl (C=O) groups excluding carboxylic acids is 4. The lowest BCUT2D eigenvalue weighted by Gasteiger charge is -2.49. The Bertz CT molecular complexity index is 1400. The number of fused-ring (bicyclic) bond motifs is 1. The van der Waals surface area contributed by atoms with Crippen molar-refractivity contribution >= 4 is 63.6 Å². The number of thioether (sulfide) groups is 1. The molecule has 14 nitrogen and oxygen atoms in total. The molecule has 2 saturated heterocycles. The van der Waals surface area contributed by atoms with Crippen molar-refractivity contribution in [2.24, 2.45) is 5.16 Å². The summed E-state index contributed by atoms with van der Waals surface area (Å²) in [6.07, 6.45) is 1.78. The fourth-order valence-corrected chi connectivity index (χ4v) is 6.27. The molecule has 4 heterocycles. The van der Waals surface area contributed by atoms with Crippen LogP contribution in [-0.2, 0) is 33.5 Å². The van der Waals surface area contributed by atoms with E-state index in [0.29, 0.717) is 18.5 Å². The minimum atomic E-state index is -1.37. The number of nitrogens with one attached hydrogen (secondary N) is 1. The zero-order valence-corrected chi connectivity index (χ0v) is 24.6. The molecule has 4 N–H and O–H groups in total. The van der Waals surface area contributed by atoms with Crippen LogP contribution in [0, 0.1) is 0 Å². The average molecular weight is 625 g/mol. The summed E-state index contributed by atoms with van der Waals surface area (Å²) in [6.45, 7) is 4.02. The first-order valence-electron chi connectivity index (χ1n) is 12.7. The molecule has 42 heavy (non-hydrogen) atoms. The van der Waals surface area contributed by atoms with Gasteiger partial charge in [-0.2, -0.15) is 0 Å². The number of nitrogens with zero attached hydrogens (tertiary/aromatic N) is 4. The minimum absolute atomic E-state index is 0.0437. The SMILES string of the molecule is CC(C)(C)OC(=O)CON=C(C(=O)N[C@@H]1C(=O)N2C(C(=O)O)=C(C=C3CCN(CCF)C3=O)CS[C@H]12)c1csc(N)n1. The number of rotatable bonds is 10. The summed E-state index contributed by atoms with van der Waals surface area (Å²) in [7, 11) is 0. The number of hydrogen-bond acceptors (Lipinski definition) is 12. The molecule has 0 bridgehead atoms. The van der Waals surface area contributed by atoms with Gasteiger partial charge in [0, 0.05) is 29.8 Å². The first kappa shape index (κ1) is 31.0. The van der Waals surface area contributed by atoms with Crippen molar-refractivity contribution in [3.8, 4) is 0 Å². The largest absolute Gasteiger partial charge is 0.477 e. The first-order chi connectivity index (χ1) is 19.8. The van der Waals surface area contributed by atoms with Gasteiger partial charge in [-0.15, -0.1) is 23.1 Å². The van der Waals surface area contributed by atoms with Gasteiger partial charge in [-0.3, -0.25) is 19.3 Å². The van der Waals surface area contributed by atoms with Gasteiger partial charge in [-0.05, 0) is 38.8 Å². The molecule has 3 amide bonds. The zero-order chi connectivity index (χ0) is 30.8. The van der Waals surface area contributed by atoms with Crippen LogP contribution >= 0.6 is 23.1 Å². The number of nitrogens with two attached hydrogens (primary N) is 1. The third-order valence-electron chi connectivity index (χ3n) is 6.14. The van der Waals surface area contributed by atoms with Gasteiger partial charge in [-0.25, -0.2) is 19.0 Å². The highest BCUT2D eigenvalue weighted by atomic mass is 32.2. The molecule has 0 aromatic carbocycles. The second-order valence-corrected chi connectivity index (χ2v) is 12.3. The van der Waals surface area contributed by atoms with Crippen molar-refractivity contribution in [1.29, 1.82) is 0 Å². The van der Waals surface area contributed by atoms with Crippen LogP contribution in [0.1, 0.15) is 32.9 Å². The summed E-state index contributed by atoms with van der Waals surface area (Å²) in [5, 5.41) is 17.1. The van der Waals surface area contributed by atoms with Crippen LogP contribution in [0.5, 0.6) is 0 Å². The van der Waals surface area contributed by atoms with E-state index in [0.717, 1.165) is 16.2 Å². The number of carbonyl (C=O) groups is 5. The van der Waals surface area contributed by atoms with Crippen molar-refractivity contribution < 1.29 is 43.0 Å². The smallest absolute Gasteiger partial charge is 0.352 e. The number of hydrogen-bond donors (Lipinski definition) is 3. The molecule has 0 aliphatic carbocycles. The highest BCUT2D eigenvalue weighted by Crippen LogP contribution is 2.41. The van der Waals surface area contributed by atoms with Crippen molar-refractivity contribution in [2.45, 2.75) is 44.2 Å².